The number of carbonyl (C=O) groups is 1. The van der Waals surface area contributed by atoms with Crippen molar-refractivity contribution in [2.45, 2.75) is 27.4 Å². The van der Waals surface area contributed by atoms with Crippen LogP contribution in [0.2, 0.25) is 0 Å². The summed E-state index contributed by atoms with van der Waals surface area (Å²) >= 11 is 1.35. The fourth-order valence-electron chi connectivity index (χ4n) is 3.32. The first-order valence-corrected chi connectivity index (χ1v) is 12.0. The van der Waals surface area contributed by atoms with Crippen LogP contribution in [0.15, 0.2) is 48.1 Å². The number of carbonyl (C=O) groups excluding carboxylic acids is 1. The quantitative estimate of drug-likeness (QED) is 0.299. The summed E-state index contributed by atoms with van der Waals surface area (Å²) < 4.78 is 38.3. The predicted molar refractivity (Wildman–Crippen MR) is 137 cm³/mol. The van der Waals surface area contributed by atoms with Gasteiger partial charge >= 0.3 is 6.61 Å². The monoisotopic (exact) mass is 523 g/mol. The van der Waals surface area contributed by atoms with Crippen molar-refractivity contribution >= 4 is 40.2 Å². The summed E-state index contributed by atoms with van der Waals surface area (Å²) in [4.78, 5) is 22.4. The molecule has 0 saturated carbocycles. The average Bonchev–Trinajstić information content (AvgIpc) is 3.42. The van der Waals surface area contributed by atoms with Gasteiger partial charge in [-0.2, -0.15) is 14.0 Å². The van der Waals surface area contributed by atoms with Crippen LogP contribution in [0.5, 0.6) is 11.5 Å². The van der Waals surface area contributed by atoms with Gasteiger partial charge in [-0.3, -0.25) is 9.20 Å². The summed E-state index contributed by atoms with van der Waals surface area (Å²) in [5.74, 6) is -0.0968. The number of benzene rings is 1. The van der Waals surface area contributed by atoms with Gasteiger partial charge in [0.15, 0.2) is 16.5 Å². The molecule has 0 atom stereocenters. The van der Waals surface area contributed by atoms with Gasteiger partial charge in [0.2, 0.25) is 0 Å². The van der Waals surface area contributed by atoms with Crippen molar-refractivity contribution in [1.29, 1.82) is 5.26 Å². The Hall–Kier alpha value is -4.30. The predicted octanol–water partition coefficient (Wildman–Crippen LogP) is 6.11. The molecule has 0 aliphatic carbocycles. The van der Waals surface area contributed by atoms with Crippen molar-refractivity contribution in [2.75, 3.05) is 11.9 Å². The molecule has 37 heavy (non-hydrogen) atoms. The standard InChI is InChI=1S/C26H23F2N5O3S/c1-26(2,3)15-35-22-17(5-4-6-19(22)36-24(27)28)8-9-18-21(33-11-12-37-25(33)31-18)23(34)32-20-10-7-16(13-29)14-30-20/h4-12,14,24H,15H2,1-3H3,(H,30,32,34)/b9-8+. The van der Waals surface area contributed by atoms with E-state index in [4.69, 9.17) is 10.00 Å². The average molecular weight is 524 g/mol. The first-order chi connectivity index (χ1) is 17.6. The molecule has 1 aromatic carbocycles. The molecule has 8 nitrogen and oxygen atoms in total. The van der Waals surface area contributed by atoms with Crippen LogP contribution in [0.3, 0.4) is 0 Å². The Kier molecular flexibility index (Phi) is 7.50. The van der Waals surface area contributed by atoms with Gasteiger partial charge in [0, 0.05) is 23.3 Å². The molecule has 1 N–H and O–H groups in total. The molecule has 0 aliphatic rings. The molecule has 0 saturated heterocycles. The molecule has 0 unspecified atom stereocenters. The van der Waals surface area contributed by atoms with E-state index in [9.17, 15) is 13.6 Å². The van der Waals surface area contributed by atoms with E-state index < -0.39 is 12.5 Å². The summed E-state index contributed by atoms with van der Waals surface area (Å²) in [6.07, 6.45) is 6.34. The first kappa shape index (κ1) is 25.8. The van der Waals surface area contributed by atoms with Crippen LogP contribution in [0.1, 0.15) is 48.1 Å². The van der Waals surface area contributed by atoms with E-state index in [0.717, 1.165) is 0 Å². The Bertz CT molecular complexity index is 1480. The Morgan fingerprint density at radius 2 is 2.08 bits per heavy atom. The second-order valence-electron chi connectivity index (χ2n) is 9.13. The number of pyridine rings is 1. The number of nitrogens with zero attached hydrogens (tertiary/aromatic N) is 4. The summed E-state index contributed by atoms with van der Waals surface area (Å²) in [7, 11) is 0. The molecule has 0 bridgehead atoms. The third-order valence-corrected chi connectivity index (χ3v) is 5.69. The maximum Gasteiger partial charge on any atom is 0.387 e. The Morgan fingerprint density at radius 3 is 2.76 bits per heavy atom. The number of alkyl halides is 2. The number of nitriles is 1. The second kappa shape index (κ2) is 10.8. The Labute approximate surface area is 215 Å². The molecule has 4 aromatic rings. The van der Waals surface area contributed by atoms with Crippen molar-refractivity contribution in [3.05, 3.63) is 70.6 Å². The van der Waals surface area contributed by atoms with Crippen molar-refractivity contribution in [3.8, 4) is 17.6 Å². The molecule has 1 amide bonds. The zero-order chi connectivity index (χ0) is 26.6. The number of anilines is 1. The number of ether oxygens (including phenoxy) is 2. The van der Waals surface area contributed by atoms with E-state index in [1.165, 1.54) is 29.7 Å². The molecule has 0 aliphatic heterocycles. The fourth-order valence-corrected chi connectivity index (χ4v) is 4.04. The van der Waals surface area contributed by atoms with Crippen LogP contribution < -0.4 is 14.8 Å². The highest BCUT2D eigenvalue weighted by atomic mass is 32.1. The van der Waals surface area contributed by atoms with Crippen molar-refractivity contribution < 1.29 is 23.0 Å². The SMILES string of the molecule is CC(C)(C)COc1c(/C=C/c2nc3sccn3c2C(=O)Nc2ccc(C#N)cn2)cccc1OC(F)F. The highest BCUT2D eigenvalue weighted by Gasteiger charge is 2.21. The number of fused-ring (bicyclic) bond motifs is 1. The van der Waals surface area contributed by atoms with Gasteiger partial charge in [-0.05, 0) is 35.8 Å². The van der Waals surface area contributed by atoms with Gasteiger partial charge in [-0.15, -0.1) is 11.3 Å². The van der Waals surface area contributed by atoms with Crippen molar-refractivity contribution in [3.63, 3.8) is 0 Å². The minimum absolute atomic E-state index is 0.0860. The minimum atomic E-state index is -3.01. The van der Waals surface area contributed by atoms with E-state index in [1.807, 2.05) is 26.8 Å². The minimum Gasteiger partial charge on any atom is -0.489 e. The lowest BCUT2D eigenvalue weighted by Gasteiger charge is -2.21. The number of imidazole rings is 1. The van der Waals surface area contributed by atoms with Gasteiger partial charge in [-0.1, -0.05) is 32.9 Å². The third-order valence-electron chi connectivity index (χ3n) is 4.93. The van der Waals surface area contributed by atoms with Gasteiger partial charge < -0.3 is 14.8 Å². The van der Waals surface area contributed by atoms with Crippen LogP contribution in [0.25, 0.3) is 17.1 Å². The Morgan fingerprint density at radius 1 is 1.27 bits per heavy atom. The number of hydrogen-bond acceptors (Lipinski definition) is 7. The van der Waals surface area contributed by atoms with E-state index >= 15 is 0 Å². The molecule has 0 spiro atoms. The van der Waals surface area contributed by atoms with Crippen molar-refractivity contribution in [1.82, 2.24) is 14.4 Å². The summed E-state index contributed by atoms with van der Waals surface area (Å²) in [5, 5.41) is 13.5. The second-order valence-corrected chi connectivity index (χ2v) is 10.0. The third kappa shape index (κ3) is 6.29. The number of rotatable bonds is 8. The van der Waals surface area contributed by atoms with Crippen LogP contribution in [-0.2, 0) is 0 Å². The zero-order valence-electron chi connectivity index (χ0n) is 20.2. The molecule has 3 aromatic heterocycles. The molecule has 0 fully saturated rings. The van der Waals surface area contributed by atoms with Crippen molar-refractivity contribution in [2.24, 2.45) is 5.41 Å². The highest BCUT2D eigenvalue weighted by Crippen LogP contribution is 2.35. The molecule has 11 heteroatoms. The molecular formula is C26H23F2N5O3S. The van der Waals surface area contributed by atoms with E-state index in [0.29, 0.717) is 21.8 Å². The molecule has 3 heterocycles. The Balaban J connectivity index is 1.68. The molecule has 0 radical (unpaired) electrons. The number of nitrogens with one attached hydrogen (secondary N) is 1. The van der Waals surface area contributed by atoms with E-state index in [-0.39, 0.29) is 35.0 Å². The molecule has 190 valence electrons. The fraction of sp³-hybridized carbons (Fsp3) is 0.231. The van der Waals surface area contributed by atoms with Crippen LogP contribution in [0.4, 0.5) is 14.6 Å². The number of halogens is 2. The van der Waals surface area contributed by atoms with E-state index in [2.05, 4.69) is 20.0 Å². The normalized spacial score (nSPS) is 11.7. The molecular weight excluding hydrogens is 500 g/mol. The van der Waals surface area contributed by atoms with Gasteiger partial charge in [0.1, 0.15) is 17.6 Å². The lowest BCUT2D eigenvalue weighted by atomic mass is 9.98. The number of para-hydroxylation sites is 1. The van der Waals surface area contributed by atoms with E-state index in [1.54, 1.807) is 46.3 Å². The van der Waals surface area contributed by atoms with Crippen LogP contribution in [0, 0.1) is 16.7 Å². The maximum absolute atomic E-state index is 13.2. The highest BCUT2D eigenvalue weighted by molar-refractivity contribution is 7.15. The number of thiazole rings is 1. The largest absolute Gasteiger partial charge is 0.489 e. The first-order valence-electron chi connectivity index (χ1n) is 11.2. The summed E-state index contributed by atoms with van der Waals surface area (Å²) in [5.41, 5.74) is 1.25. The zero-order valence-corrected chi connectivity index (χ0v) is 21.1. The number of hydrogen-bond donors (Lipinski definition) is 1. The van der Waals surface area contributed by atoms with Crippen LogP contribution in [-0.4, -0.2) is 33.5 Å². The summed E-state index contributed by atoms with van der Waals surface area (Å²) in [6.45, 7) is 3.14. The lowest BCUT2D eigenvalue weighted by molar-refractivity contribution is -0.0517. The van der Waals surface area contributed by atoms with Crippen LogP contribution >= 0.6 is 11.3 Å². The van der Waals surface area contributed by atoms with Gasteiger partial charge in [0.05, 0.1) is 17.9 Å². The lowest BCUT2D eigenvalue weighted by Crippen LogP contribution is -2.18. The van der Waals surface area contributed by atoms with Gasteiger partial charge in [0.25, 0.3) is 5.91 Å². The van der Waals surface area contributed by atoms with Gasteiger partial charge in [-0.25, -0.2) is 9.97 Å². The smallest absolute Gasteiger partial charge is 0.387 e. The number of amides is 1. The number of aromatic nitrogens is 3. The maximum atomic E-state index is 13.2. The molecule has 4 rings (SSSR count). The topological polar surface area (TPSA) is 102 Å². The summed E-state index contributed by atoms with van der Waals surface area (Å²) in [6, 6.07) is 9.75.